The van der Waals surface area contributed by atoms with Crippen LogP contribution < -0.4 is 15.1 Å². The van der Waals surface area contributed by atoms with E-state index in [0.29, 0.717) is 34.5 Å². The first-order chi connectivity index (χ1) is 12.5. The smallest absolute Gasteiger partial charge is 0.282 e. The number of quaternary nitrogens is 1. The molecule has 0 unspecified atom stereocenters. The summed E-state index contributed by atoms with van der Waals surface area (Å²) >= 11 is 12.0. The van der Waals surface area contributed by atoms with E-state index in [9.17, 15) is 9.18 Å². The average molecular weight is 397 g/mol. The standard InChI is InChI=1S/C19H20Cl2FN3O/c1-13(19(26)23-17-7-6-14(20)12-15(17)21)24-8-10-25(11-9-24)18-5-3-2-4-16(18)22/h2-7,12-13H,8-11H2,1H3,(H,23,26)/p+1/t13-/m0/s1. The van der Waals surface area contributed by atoms with Crippen molar-refractivity contribution in [3.05, 3.63) is 58.3 Å². The highest BCUT2D eigenvalue weighted by Crippen LogP contribution is 2.25. The molecule has 7 heteroatoms. The predicted octanol–water partition coefficient (Wildman–Crippen LogP) is 2.86. The summed E-state index contributed by atoms with van der Waals surface area (Å²) in [6, 6.07) is 11.5. The molecule has 1 amide bonds. The Bertz CT molecular complexity index is 794. The minimum atomic E-state index is -0.232. The van der Waals surface area contributed by atoms with E-state index in [1.807, 2.05) is 17.9 Å². The second kappa shape index (κ2) is 8.25. The van der Waals surface area contributed by atoms with Gasteiger partial charge in [0.1, 0.15) is 5.82 Å². The molecule has 1 fully saturated rings. The van der Waals surface area contributed by atoms with E-state index < -0.39 is 0 Å². The van der Waals surface area contributed by atoms with Crippen LogP contribution in [0.25, 0.3) is 0 Å². The summed E-state index contributed by atoms with van der Waals surface area (Å²) in [4.78, 5) is 15.8. The SMILES string of the molecule is C[C@@H](C(=O)Nc1ccc(Cl)cc1Cl)[NH+]1CCN(c2ccccc2F)CC1. The van der Waals surface area contributed by atoms with Crippen molar-refractivity contribution < 1.29 is 14.1 Å². The lowest BCUT2D eigenvalue weighted by atomic mass is 10.2. The number of benzene rings is 2. The van der Waals surface area contributed by atoms with Gasteiger partial charge in [0.25, 0.3) is 5.91 Å². The first kappa shape index (κ1) is 19.0. The molecule has 1 aliphatic heterocycles. The molecule has 3 rings (SSSR count). The number of carbonyl (C=O) groups excluding carboxylic acids is 1. The van der Waals surface area contributed by atoms with Gasteiger partial charge in [-0.3, -0.25) is 4.79 Å². The van der Waals surface area contributed by atoms with E-state index in [0.717, 1.165) is 13.1 Å². The molecule has 1 aliphatic rings. The molecule has 0 aliphatic carbocycles. The van der Waals surface area contributed by atoms with E-state index in [2.05, 4.69) is 5.32 Å². The second-order valence-electron chi connectivity index (χ2n) is 6.43. The zero-order valence-electron chi connectivity index (χ0n) is 14.4. The summed E-state index contributed by atoms with van der Waals surface area (Å²) in [6.07, 6.45) is 0. The Morgan fingerprint density at radius 1 is 1.19 bits per heavy atom. The van der Waals surface area contributed by atoms with Gasteiger partial charge in [0, 0.05) is 5.02 Å². The summed E-state index contributed by atoms with van der Waals surface area (Å²) in [5.74, 6) is -0.303. The molecule has 26 heavy (non-hydrogen) atoms. The number of piperazine rings is 1. The van der Waals surface area contributed by atoms with E-state index in [4.69, 9.17) is 23.2 Å². The molecule has 4 nitrogen and oxygen atoms in total. The molecule has 1 atom stereocenters. The van der Waals surface area contributed by atoms with Gasteiger partial charge in [-0.1, -0.05) is 35.3 Å². The number of para-hydroxylation sites is 1. The van der Waals surface area contributed by atoms with Crippen molar-refractivity contribution in [1.29, 1.82) is 0 Å². The number of halogens is 3. The molecule has 2 aromatic rings. The van der Waals surface area contributed by atoms with Gasteiger partial charge < -0.3 is 15.1 Å². The Hall–Kier alpha value is -1.82. The third kappa shape index (κ3) is 4.29. The zero-order chi connectivity index (χ0) is 18.7. The highest BCUT2D eigenvalue weighted by molar-refractivity contribution is 6.36. The molecule has 0 aromatic heterocycles. The summed E-state index contributed by atoms with van der Waals surface area (Å²) in [5, 5.41) is 3.80. The Labute approximate surface area is 162 Å². The lowest BCUT2D eigenvalue weighted by Crippen LogP contribution is -3.19. The van der Waals surface area contributed by atoms with Crippen molar-refractivity contribution in [2.24, 2.45) is 0 Å². The normalized spacial score (nSPS) is 16.4. The van der Waals surface area contributed by atoms with Crippen molar-refractivity contribution in [2.75, 3.05) is 36.4 Å². The Balaban J connectivity index is 1.58. The minimum Gasteiger partial charge on any atom is -0.358 e. The number of anilines is 2. The molecule has 138 valence electrons. The summed E-state index contributed by atoms with van der Waals surface area (Å²) in [7, 11) is 0. The number of rotatable bonds is 4. The van der Waals surface area contributed by atoms with E-state index in [1.54, 1.807) is 30.3 Å². The van der Waals surface area contributed by atoms with Gasteiger partial charge >= 0.3 is 0 Å². The molecule has 2 aromatic carbocycles. The van der Waals surface area contributed by atoms with Gasteiger partial charge in [-0.05, 0) is 37.3 Å². The molecular formula is C19H21Cl2FN3O+. The topological polar surface area (TPSA) is 36.8 Å². The van der Waals surface area contributed by atoms with Crippen LogP contribution in [0.1, 0.15) is 6.92 Å². The molecule has 0 bridgehead atoms. The van der Waals surface area contributed by atoms with Crippen LogP contribution in [0.2, 0.25) is 10.0 Å². The van der Waals surface area contributed by atoms with Crippen molar-refractivity contribution >= 4 is 40.5 Å². The minimum absolute atomic E-state index is 0.0939. The Kier molecular flexibility index (Phi) is 6.01. The van der Waals surface area contributed by atoms with Gasteiger partial charge in [0.2, 0.25) is 0 Å². The van der Waals surface area contributed by atoms with Crippen molar-refractivity contribution in [2.45, 2.75) is 13.0 Å². The number of nitrogens with zero attached hydrogens (tertiary/aromatic N) is 1. The third-order valence-electron chi connectivity index (χ3n) is 4.79. The lowest BCUT2D eigenvalue weighted by Gasteiger charge is -2.36. The fourth-order valence-corrected chi connectivity index (χ4v) is 3.65. The van der Waals surface area contributed by atoms with Crippen LogP contribution in [-0.4, -0.2) is 38.1 Å². The fraction of sp³-hybridized carbons (Fsp3) is 0.316. The molecular weight excluding hydrogens is 376 g/mol. The third-order valence-corrected chi connectivity index (χ3v) is 5.34. The zero-order valence-corrected chi connectivity index (χ0v) is 15.9. The van der Waals surface area contributed by atoms with Gasteiger partial charge in [-0.2, -0.15) is 0 Å². The molecule has 0 radical (unpaired) electrons. The number of hydrogen-bond acceptors (Lipinski definition) is 2. The molecule has 1 heterocycles. The summed E-state index contributed by atoms with van der Waals surface area (Å²) in [5.41, 5.74) is 1.17. The van der Waals surface area contributed by atoms with Crippen molar-refractivity contribution in [3.8, 4) is 0 Å². The maximum absolute atomic E-state index is 13.9. The van der Waals surface area contributed by atoms with Crippen LogP contribution in [-0.2, 0) is 4.79 Å². The summed E-state index contributed by atoms with van der Waals surface area (Å²) in [6.45, 7) is 4.83. The largest absolute Gasteiger partial charge is 0.358 e. The van der Waals surface area contributed by atoms with Crippen LogP contribution in [0.3, 0.4) is 0 Å². The number of amides is 1. The van der Waals surface area contributed by atoms with Gasteiger partial charge in [-0.25, -0.2) is 4.39 Å². The molecule has 1 saturated heterocycles. The lowest BCUT2D eigenvalue weighted by molar-refractivity contribution is -0.914. The van der Waals surface area contributed by atoms with Crippen LogP contribution in [0.15, 0.2) is 42.5 Å². The number of nitrogens with one attached hydrogen (secondary N) is 2. The first-order valence-corrected chi connectivity index (χ1v) is 9.31. The fourth-order valence-electron chi connectivity index (χ4n) is 3.19. The quantitative estimate of drug-likeness (QED) is 0.833. The molecule has 0 saturated carbocycles. The van der Waals surface area contributed by atoms with E-state index >= 15 is 0 Å². The van der Waals surface area contributed by atoms with Crippen molar-refractivity contribution in [3.63, 3.8) is 0 Å². The highest BCUT2D eigenvalue weighted by Gasteiger charge is 2.30. The molecule has 0 spiro atoms. The van der Waals surface area contributed by atoms with Crippen LogP contribution >= 0.6 is 23.2 Å². The Morgan fingerprint density at radius 2 is 1.88 bits per heavy atom. The van der Waals surface area contributed by atoms with Crippen molar-refractivity contribution in [1.82, 2.24) is 0 Å². The number of hydrogen-bond donors (Lipinski definition) is 2. The average Bonchev–Trinajstić information content (AvgIpc) is 2.64. The van der Waals surface area contributed by atoms with Crippen LogP contribution in [0, 0.1) is 5.82 Å². The summed E-state index contributed by atoms with van der Waals surface area (Å²) < 4.78 is 13.9. The number of carbonyl (C=O) groups is 1. The van der Waals surface area contributed by atoms with E-state index in [-0.39, 0.29) is 17.8 Å². The maximum atomic E-state index is 13.9. The van der Waals surface area contributed by atoms with Gasteiger partial charge in [0.15, 0.2) is 6.04 Å². The van der Waals surface area contributed by atoms with Crippen LogP contribution in [0.4, 0.5) is 15.8 Å². The first-order valence-electron chi connectivity index (χ1n) is 8.55. The maximum Gasteiger partial charge on any atom is 0.282 e. The second-order valence-corrected chi connectivity index (χ2v) is 7.28. The Morgan fingerprint density at radius 3 is 2.54 bits per heavy atom. The van der Waals surface area contributed by atoms with Gasteiger partial charge in [0.05, 0.1) is 42.6 Å². The molecule has 2 N–H and O–H groups in total. The van der Waals surface area contributed by atoms with E-state index in [1.165, 1.54) is 11.0 Å². The predicted molar refractivity (Wildman–Crippen MR) is 104 cm³/mol. The highest BCUT2D eigenvalue weighted by atomic mass is 35.5. The van der Waals surface area contributed by atoms with Crippen LogP contribution in [0.5, 0.6) is 0 Å². The monoisotopic (exact) mass is 396 g/mol. The van der Waals surface area contributed by atoms with Gasteiger partial charge in [-0.15, -0.1) is 0 Å².